The molecule has 1 aliphatic heterocycles. The van der Waals surface area contributed by atoms with Gasteiger partial charge in [-0.25, -0.2) is 0 Å². The van der Waals surface area contributed by atoms with Crippen molar-refractivity contribution in [2.45, 2.75) is 39.3 Å². The summed E-state index contributed by atoms with van der Waals surface area (Å²) in [6.45, 7) is 9.27. The summed E-state index contributed by atoms with van der Waals surface area (Å²) in [6, 6.07) is 0.277. The Labute approximate surface area is 92.0 Å². The van der Waals surface area contributed by atoms with E-state index in [0.29, 0.717) is 13.0 Å². The molecule has 1 rings (SSSR count). The fourth-order valence-corrected chi connectivity index (χ4v) is 1.89. The third-order valence-electron chi connectivity index (χ3n) is 2.69. The van der Waals surface area contributed by atoms with Gasteiger partial charge in [-0.15, -0.1) is 0 Å². The number of morpholine rings is 1. The highest BCUT2D eigenvalue weighted by molar-refractivity contribution is 5.77. The Morgan fingerprint density at radius 3 is 2.80 bits per heavy atom. The lowest BCUT2D eigenvalue weighted by atomic mass is 10.2. The summed E-state index contributed by atoms with van der Waals surface area (Å²) in [7, 11) is 0. The number of carbonyl (C=O) groups excluding carboxylic acids is 1. The van der Waals surface area contributed by atoms with Crippen LogP contribution < -0.4 is 5.32 Å². The number of nitrogens with zero attached hydrogens (tertiary/aromatic N) is 1. The van der Waals surface area contributed by atoms with Crippen molar-refractivity contribution in [3.8, 4) is 0 Å². The Balaban J connectivity index is 2.38. The van der Waals surface area contributed by atoms with Gasteiger partial charge in [0, 0.05) is 25.7 Å². The number of hydrogen-bond donors (Lipinski definition) is 1. The molecule has 1 heterocycles. The molecule has 4 nitrogen and oxygen atoms in total. The van der Waals surface area contributed by atoms with Crippen molar-refractivity contribution >= 4 is 5.91 Å². The first-order valence-corrected chi connectivity index (χ1v) is 5.77. The molecule has 1 unspecified atom stereocenters. The maximum atomic E-state index is 11.9. The van der Waals surface area contributed by atoms with Gasteiger partial charge in [0.2, 0.25) is 5.91 Å². The number of ether oxygens (including phenoxy) is 1. The molecule has 0 radical (unpaired) electrons. The average molecular weight is 214 g/mol. The van der Waals surface area contributed by atoms with Crippen LogP contribution in [0.5, 0.6) is 0 Å². The number of carbonyl (C=O) groups is 1. The van der Waals surface area contributed by atoms with Crippen LogP contribution in [0.1, 0.15) is 27.2 Å². The highest BCUT2D eigenvalue weighted by Crippen LogP contribution is 2.07. The van der Waals surface area contributed by atoms with E-state index in [1.807, 2.05) is 25.7 Å². The fraction of sp³-hybridized carbons (Fsp3) is 0.909. The Morgan fingerprint density at radius 1 is 1.60 bits per heavy atom. The van der Waals surface area contributed by atoms with Crippen LogP contribution in [0.3, 0.4) is 0 Å². The second-order valence-electron chi connectivity index (χ2n) is 4.17. The Kier molecular flexibility index (Phi) is 5.05. The lowest BCUT2D eigenvalue weighted by Crippen LogP contribution is -2.44. The first-order chi connectivity index (χ1) is 7.15. The zero-order valence-electron chi connectivity index (χ0n) is 9.95. The summed E-state index contributed by atoms with van der Waals surface area (Å²) in [5.41, 5.74) is 0. The average Bonchev–Trinajstić information content (AvgIpc) is 2.19. The van der Waals surface area contributed by atoms with Crippen molar-refractivity contribution in [3.05, 3.63) is 0 Å². The van der Waals surface area contributed by atoms with Gasteiger partial charge in [-0.2, -0.15) is 0 Å². The van der Waals surface area contributed by atoms with Crippen LogP contribution >= 0.6 is 0 Å². The van der Waals surface area contributed by atoms with Gasteiger partial charge >= 0.3 is 0 Å². The van der Waals surface area contributed by atoms with Gasteiger partial charge in [0.25, 0.3) is 0 Å². The quantitative estimate of drug-likeness (QED) is 0.746. The SMILES string of the molecule is CCN(C(=O)CC1CNCCO1)C(C)C. The molecule has 1 N–H and O–H groups in total. The minimum atomic E-state index is 0.0547. The summed E-state index contributed by atoms with van der Waals surface area (Å²) in [5.74, 6) is 0.196. The topological polar surface area (TPSA) is 41.6 Å². The molecule has 1 amide bonds. The normalized spacial score (nSPS) is 21.7. The zero-order valence-corrected chi connectivity index (χ0v) is 9.95. The van der Waals surface area contributed by atoms with E-state index in [1.165, 1.54) is 0 Å². The number of nitrogens with one attached hydrogen (secondary N) is 1. The Bertz CT molecular complexity index is 201. The molecule has 0 spiro atoms. The smallest absolute Gasteiger partial charge is 0.225 e. The summed E-state index contributed by atoms with van der Waals surface area (Å²) >= 11 is 0. The molecule has 0 aromatic heterocycles. The molecule has 1 aliphatic rings. The molecule has 1 saturated heterocycles. The van der Waals surface area contributed by atoms with E-state index in [0.717, 1.165) is 19.6 Å². The van der Waals surface area contributed by atoms with Gasteiger partial charge in [0.05, 0.1) is 19.1 Å². The first kappa shape index (κ1) is 12.5. The number of hydrogen-bond acceptors (Lipinski definition) is 3. The minimum Gasteiger partial charge on any atom is -0.375 e. The molecule has 88 valence electrons. The van der Waals surface area contributed by atoms with Crippen molar-refractivity contribution in [1.29, 1.82) is 0 Å². The largest absolute Gasteiger partial charge is 0.375 e. The van der Waals surface area contributed by atoms with Crippen LogP contribution in [0.2, 0.25) is 0 Å². The first-order valence-electron chi connectivity index (χ1n) is 5.77. The zero-order chi connectivity index (χ0) is 11.3. The Morgan fingerprint density at radius 2 is 2.33 bits per heavy atom. The predicted molar refractivity (Wildman–Crippen MR) is 59.7 cm³/mol. The fourth-order valence-electron chi connectivity index (χ4n) is 1.89. The molecule has 0 aliphatic carbocycles. The van der Waals surface area contributed by atoms with E-state index in [1.54, 1.807) is 0 Å². The second kappa shape index (κ2) is 6.08. The highest BCUT2D eigenvalue weighted by Gasteiger charge is 2.21. The van der Waals surface area contributed by atoms with E-state index >= 15 is 0 Å². The molecule has 4 heteroatoms. The summed E-state index contributed by atoms with van der Waals surface area (Å²) < 4.78 is 5.51. The van der Waals surface area contributed by atoms with Crippen molar-refractivity contribution < 1.29 is 9.53 Å². The third-order valence-corrected chi connectivity index (χ3v) is 2.69. The molecular formula is C11H22N2O2. The molecular weight excluding hydrogens is 192 g/mol. The maximum Gasteiger partial charge on any atom is 0.225 e. The molecule has 1 fully saturated rings. The molecule has 1 atom stereocenters. The van der Waals surface area contributed by atoms with E-state index in [4.69, 9.17) is 4.74 Å². The molecule has 0 aromatic carbocycles. The minimum absolute atomic E-state index is 0.0547. The monoisotopic (exact) mass is 214 g/mol. The summed E-state index contributed by atoms with van der Waals surface area (Å²) in [4.78, 5) is 13.8. The lowest BCUT2D eigenvalue weighted by molar-refractivity contribution is -0.136. The van der Waals surface area contributed by atoms with Crippen molar-refractivity contribution in [2.75, 3.05) is 26.2 Å². The Hall–Kier alpha value is -0.610. The van der Waals surface area contributed by atoms with Gasteiger partial charge in [-0.3, -0.25) is 4.79 Å². The van der Waals surface area contributed by atoms with Gasteiger partial charge in [0.15, 0.2) is 0 Å². The van der Waals surface area contributed by atoms with E-state index in [9.17, 15) is 4.79 Å². The predicted octanol–water partition coefficient (Wildman–Crippen LogP) is 0.622. The van der Waals surface area contributed by atoms with Crippen LogP contribution in [-0.2, 0) is 9.53 Å². The van der Waals surface area contributed by atoms with Crippen LogP contribution in [0.15, 0.2) is 0 Å². The van der Waals surface area contributed by atoms with Gasteiger partial charge in [-0.1, -0.05) is 0 Å². The van der Waals surface area contributed by atoms with E-state index < -0.39 is 0 Å². The van der Waals surface area contributed by atoms with Gasteiger partial charge < -0.3 is 15.0 Å². The highest BCUT2D eigenvalue weighted by atomic mass is 16.5. The molecule has 0 aromatic rings. The molecule has 0 bridgehead atoms. The number of rotatable bonds is 4. The molecule has 0 saturated carbocycles. The van der Waals surface area contributed by atoms with Gasteiger partial charge in [-0.05, 0) is 20.8 Å². The maximum absolute atomic E-state index is 11.9. The molecule has 15 heavy (non-hydrogen) atoms. The second-order valence-corrected chi connectivity index (χ2v) is 4.17. The van der Waals surface area contributed by atoms with E-state index in [-0.39, 0.29) is 18.1 Å². The lowest BCUT2D eigenvalue weighted by Gasteiger charge is -2.29. The third kappa shape index (κ3) is 3.80. The van der Waals surface area contributed by atoms with Crippen LogP contribution in [0.4, 0.5) is 0 Å². The number of amides is 1. The summed E-state index contributed by atoms with van der Waals surface area (Å²) in [5, 5.41) is 3.23. The van der Waals surface area contributed by atoms with Crippen molar-refractivity contribution in [3.63, 3.8) is 0 Å². The van der Waals surface area contributed by atoms with E-state index in [2.05, 4.69) is 5.32 Å². The standard InChI is InChI=1S/C11H22N2O2/c1-4-13(9(2)3)11(14)7-10-8-12-5-6-15-10/h9-10,12H,4-8H2,1-3H3. The van der Waals surface area contributed by atoms with Crippen LogP contribution in [0, 0.1) is 0 Å². The summed E-state index contributed by atoms with van der Waals surface area (Å²) in [6.07, 6.45) is 0.554. The van der Waals surface area contributed by atoms with Crippen molar-refractivity contribution in [2.24, 2.45) is 0 Å². The van der Waals surface area contributed by atoms with Crippen molar-refractivity contribution in [1.82, 2.24) is 10.2 Å². The van der Waals surface area contributed by atoms with Crippen LogP contribution in [0.25, 0.3) is 0 Å². The van der Waals surface area contributed by atoms with Crippen LogP contribution in [-0.4, -0.2) is 49.2 Å². The van der Waals surface area contributed by atoms with Gasteiger partial charge in [0.1, 0.15) is 0 Å².